The van der Waals surface area contributed by atoms with Gasteiger partial charge in [-0.1, -0.05) is 30.7 Å². The number of hydrogen-bond donors (Lipinski definition) is 0. The summed E-state index contributed by atoms with van der Waals surface area (Å²) in [4.78, 5) is 2.49. The van der Waals surface area contributed by atoms with Gasteiger partial charge in [0.25, 0.3) is 0 Å². The molecule has 1 saturated carbocycles. The van der Waals surface area contributed by atoms with Crippen molar-refractivity contribution < 1.29 is 0 Å². The highest BCUT2D eigenvalue weighted by atomic mass is 35.5. The van der Waals surface area contributed by atoms with Gasteiger partial charge in [0.1, 0.15) is 0 Å². The largest absolute Gasteiger partial charge is 0.295 e. The van der Waals surface area contributed by atoms with E-state index in [9.17, 15) is 0 Å². The summed E-state index contributed by atoms with van der Waals surface area (Å²) in [6, 6.07) is 8.14. The molecule has 1 aliphatic rings. The van der Waals surface area contributed by atoms with E-state index in [2.05, 4.69) is 39.5 Å². The lowest BCUT2D eigenvalue weighted by molar-refractivity contribution is 0.246. The van der Waals surface area contributed by atoms with Crippen LogP contribution in [0.2, 0.25) is 5.02 Å². The Bertz CT molecular complexity index is 606. The van der Waals surface area contributed by atoms with Gasteiger partial charge in [-0.25, -0.2) is 4.68 Å². The Labute approximate surface area is 142 Å². The van der Waals surface area contributed by atoms with Crippen molar-refractivity contribution in [2.24, 2.45) is 5.92 Å². The average Bonchev–Trinajstić information content (AvgIpc) is 3.26. The molecule has 1 aliphatic carbocycles. The van der Waals surface area contributed by atoms with Crippen molar-refractivity contribution in [1.82, 2.24) is 25.1 Å². The van der Waals surface area contributed by atoms with Crippen LogP contribution in [0.15, 0.2) is 24.3 Å². The van der Waals surface area contributed by atoms with Gasteiger partial charge >= 0.3 is 0 Å². The number of halogens is 1. The summed E-state index contributed by atoms with van der Waals surface area (Å²) in [7, 11) is 0. The smallest absolute Gasteiger partial charge is 0.165 e. The number of aryl methyl sites for hydroxylation is 1. The van der Waals surface area contributed by atoms with Crippen LogP contribution in [0.25, 0.3) is 0 Å². The van der Waals surface area contributed by atoms with E-state index < -0.39 is 0 Å². The Balaban J connectivity index is 1.60. The second-order valence-corrected chi connectivity index (χ2v) is 6.81. The molecule has 1 fully saturated rings. The van der Waals surface area contributed by atoms with Crippen molar-refractivity contribution in [3.8, 4) is 0 Å². The Morgan fingerprint density at radius 2 is 2.04 bits per heavy atom. The number of tetrazole rings is 1. The Morgan fingerprint density at radius 3 is 2.74 bits per heavy atom. The number of hydrogen-bond acceptors (Lipinski definition) is 4. The maximum absolute atomic E-state index is 5.96. The van der Waals surface area contributed by atoms with Crippen molar-refractivity contribution in [2.45, 2.75) is 45.7 Å². The first-order valence-corrected chi connectivity index (χ1v) is 8.84. The lowest BCUT2D eigenvalue weighted by atomic mass is 10.1. The van der Waals surface area contributed by atoms with Gasteiger partial charge in [0.15, 0.2) is 5.82 Å². The molecule has 1 heterocycles. The van der Waals surface area contributed by atoms with Crippen LogP contribution in [0.4, 0.5) is 0 Å². The molecule has 1 aromatic heterocycles. The van der Waals surface area contributed by atoms with Crippen molar-refractivity contribution in [3.05, 3.63) is 40.7 Å². The van der Waals surface area contributed by atoms with Crippen LogP contribution in [0.5, 0.6) is 0 Å². The van der Waals surface area contributed by atoms with Crippen LogP contribution in [0.3, 0.4) is 0 Å². The van der Waals surface area contributed by atoms with Crippen molar-refractivity contribution in [1.29, 1.82) is 0 Å². The highest BCUT2D eigenvalue weighted by molar-refractivity contribution is 6.30. The van der Waals surface area contributed by atoms with Gasteiger partial charge in [-0.2, -0.15) is 0 Å². The van der Waals surface area contributed by atoms with Crippen LogP contribution in [0, 0.1) is 5.92 Å². The first-order chi connectivity index (χ1) is 11.2. The fraction of sp³-hybridized carbons (Fsp3) is 0.588. The molecule has 23 heavy (non-hydrogen) atoms. The van der Waals surface area contributed by atoms with E-state index in [0.29, 0.717) is 0 Å². The van der Waals surface area contributed by atoms with E-state index >= 15 is 0 Å². The molecule has 1 aromatic carbocycles. The minimum Gasteiger partial charge on any atom is -0.295 e. The Kier molecular flexibility index (Phi) is 5.62. The molecule has 0 unspecified atom stereocenters. The third kappa shape index (κ3) is 5.01. The standard InChI is InChI=1S/C17H24ClN5/c1-2-10-23-17(19-20-21-23)13-22(12-15-3-4-15)11-9-14-5-7-16(18)8-6-14/h5-8,15H,2-4,9-13H2,1H3. The van der Waals surface area contributed by atoms with E-state index in [1.807, 2.05) is 16.8 Å². The molecule has 0 aliphatic heterocycles. The summed E-state index contributed by atoms with van der Waals surface area (Å²) in [5.41, 5.74) is 1.32. The van der Waals surface area contributed by atoms with Crippen LogP contribution in [0.1, 0.15) is 37.6 Å². The zero-order chi connectivity index (χ0) is 16.1. The van der Waals surface area contributed by atoms with Gasteiger partial charge in [-0.3, -0.25) is 4.90 Å². The Morgan fingerprint density at radius 1 is 1.26 bits per heavy atom. The van der Waals surface area contributed by atoms with Crippen molar-refractivity contribution in [3.63, 3.8) is 0 Å². The van der Waals surface area contributed by atoms with Gasteiger partial charge in [0, 0.05) is 24.7 Å². The molecule has 2 aromatic rings. The summed E-state index contributed by atoms with van der Waals surface area (Å²) in [6.45, 7) is 6.03. The first-order valence-electron chi connectivity index (χ1n) is 8.46. The zero-order valence-corrected chi connectivity index (χ0v) is 14.4. The molecule has 0 N–H and O–H groups in total. The van der Waals surface area contributed by atoms with Crippen molar-refractivity contribution >= 4 is 11.6 Å². The minimum absolute atomic E-state index is 0.794. The van der Waals surface area contributed by atoms with Gasteiger partial charge in [-0.05, 0) is 59.7 Å². The molecule has 0 radical (unpaired) electrons. The number of nitrogens with zero attached hydrogens (tertiary/aromatic N) is 5. The van der Waals surface area contributed by atoms with Crippen LogP contribution < -0.4 is 0 Å². The molecule has 0 atom stereocenters. The van der Waals surface area contributed by atoms with Crippen LogP contribution in [-0.4, -0.2) is 38.2 Å². The molecule has 0 spiro atoms. The molecule has 0 amide bonds. The molecule has 0 saturated heterocycles. The van der Waals surface area contributed by atoms with Gasteiger partial charge in [0.2, 0.25) is 0 Å². The van der Waals surface area contributed by atoms with E-state index in [4.69, 9.17) is 11.6 Å². The van der Waals surface area contributed by atoms with Crippen LogP contribution >= 0.6 is 11.6 Å². The number of benzene rings is 1. The fourth-order valence-electron chi connectivity index (χ4n) is 2.76. The maximum atomic E-state index is 5.96. The second kappa shape index (κ2) is 7.88. The predicted octanol–water partition coefficient (Wildman–Crippen LogP) is 3.19. The van der Waals surface area contributed by atoms with Crippen LogP contribution in [-0.2, 0) is 19.5 Å². The van der Waals surface area contributed by atoms with Gasteiger partial charge in [0.05, 0.1) is 6.54 Å². The highest BCUT2D eigenvalue weighted by Gasteiger charge is 2.25. The predicted molar refractivity (Wildman–Crippen MR) is 91.3 cm³/mol. The third-order valence-corrected chi connectivity index (χ3v) is 4.50. The van der Waals surface area contributed by atoms with E-state index in [-0.39, 0.29) is 0 Å². The molecule has 0 bridgehead atoms. The van der Waals surface area contributed by atoms with Crippen molar-refractivity contribution in [2.75, 3.05) is 13.1 Å². The molecule has 5 nitrogen and oxygen atoms in total. The summed E-state index contributed by atoms with van der Waals surface area (Å²) in [5.74, 6) is 1.83. The average molecular weight is 334 g/mol. The maximum Gasteiger partial charge on any atom is 0.165 e. The lowest BCUT2D eigenvalue weighted by Crippen LogP contribution is -2.29. The molecular formula is C17H24ClN5. The first kappa shape index (κ1) is 16.4. The quantitative estimate of drug-likeness (QED) is 0.707. The summed E-state index contributed by atoms with van der Waals surface area (Å²) in [6.07, 6.45) is 4.79. The third-order valence-electron chi connectivity index (χ3n) is 4.25. The minimum atomic E-state index is 0.794. The normalized spacial score (nSPS) is 14.6. The zero-order valence-electron chi connectivity index (χ0n) is 13.7. The lowest BCUT2D eigenvalue weighted by Gasteiger charge is -2.21. The topological polar surface area (TPSA) is 46.8 Å². The summed E-state index contributed by atoms with van der Waals surface area (Å²) in [5, 5.41) is 12.9. The van der Waals surface area contributed by atoms with Gasteiger partial charge in [-0.15, -0.1) is 5.10 Å². The number of rotatable bonds is 9. The molecular weight excluding hydrogens is 310 g/mol. The second-order valence-electron chi connectivity index (χ2n) is 6.37. The van der Waals surface area contributed by atoms with Gasteiger partial charge < -0.3 is 0 Å². The van der Waals surface area contributed by atoms with E-state index in [1.54, 1.807) is 0 Å². The Hall–Kier alpha value is -1.46. The molecule has 6 heteroatoms. The van der Waals surface area contributed by atoms with E-state index in [1.165, 1.54) is 18.4 Å². The SMILES string of the molecule is CCCn1nnnc1CN(CCc1ccc(Cl)cc1)CC1CC1. The summed E-state index contributed by atoms with van der Waals surface area (Å²) >= 11 is 5.96. The molecule has 124 valence electrons. The van der Waals surface area contributed by atoms with E-state index in [0.717, 1.165) is 55.8 Å². The fourth-order valence-corrected chi connectivity index (χ4v) is 2.89. The number of aromatic nitrogens is 4. The molecule has 3 rings (SSSR count). The summed E-state index contributed by atoms with van der Waals surface area (Å²) < 4.78 is 1.93. The monoisotopic (exact) mass is 333 g/mol. The highest BCUT2D eigenvalue weighted by Crippen LogP contribution is 2.30.